The van der Waals surface area contributed by atoms with Crippen LogP contribution >= 0.6 is 0 Å². The predicted molar refractivity (Wildman–Crippen MR) is 24.9 cm³/mol. The minimum absolute atomic E-state index is 0.144. The highest BCUT2D eigenvalue weighted by atomic mass is 16.3. The molecule has 1 aliphatic rings. The maximum absolute atomic E-state index is 8.33. The molecule has 3 nitrogen and oxygen atoms in total. The first-order valence-corrected chi connectivity index (χ1v) is 2.36. The lowest BCUT2D eigenvalue weighted by Gasteiger charge is -1.81. The second kappa shape index (κ2) is 1.78. The lowest BCUT2D eigenvalue weighted by Crippen LogP contribution is -2.02. The summed E-state index contributed by atoms with van der Waals surface area (Å²) in [5.41, 5.74) is 0. The SMILES string of the molecule is OCC1NC1CO. The van der Waals surface area contributed by atoms with Gasteiger partial charge in [0.25, 0.3) is 0 Å². The average molecular weight is 103 g/mol. The van der Waals surface area contributed by atoms with Crippen molar-refractivity contribution in [3.05, 3.63) is 0 Å². The van der Waals surface area contributed by atoms with E-state index in [4.69, 9.17) is 10.2 Å². The van der Waals surface area contributed by atoms with Gasteiger partial charge in [-0.15, -0.1) is 0 Å². The number of rotatable bonds is 2. The molecule has 3 heteroatoms. The highest BCUT2D eigenvalue weighted by Crippen LogP contribution is 2.06. The fourth-order valence-electron chi connectivity index (χ4n) is 0.579. The first-order valence-electron chi connectivity index (χ1n) is 2.36. The van der Waals surface area contributed by atoms with E-state index in [1.54, 1.807) is 0 Å². The summed E-state index contributed by atoms with van der Waals surface area (Å²) < 4.78 is 0. The molecule has 0 radical (unpaired) electrons. The Morgan fingerprint density at radius 1 is 1.14 bits per heavy atom. The summed E-state index contributed by atoms with van der Waals surface area (Å²) in [5, 5.41) is 19.5. The Bertz CT molecular complexity index is 58.7. The number of hydrogen-bond donors (Lipinski definition) is 3. The van der Waals surface area contributed by atoms with E-state index in [1.165, 1.54) is 0 Å². The molecule has 0 aromatic rings. The number of hydrogen-bond acceptors (Lipinski definition) is 3. The Morgan fingerprint density at radius 2 is 1.57 bits per heavy atom. The van der Waals surface area contributed by atoms with Crippen LogP contribution in [0.2, 0.25) is 0 Å². The van der Waals surface area contributed by atoms with Gasteiger partial charge in [-0.3, -0.25) is 0 Å². The molecule has 0 aromatic carbocycles. The van der Waals surface area contributed by atoms with Crippen molar-refractivity contribution in [1.82, 2.24) is 5.32 Å². The van der Waals surface area contributed by atoms with Crippen LogP contribution in [0.25, 0.3) is 0 Å². The summed E-state index contributed by atoms with van der Waals surface area (Å²) in [6.07, 6.45) is 0. The van der Waals surface area contributed by atoms with E-state index in [0.29, 0.717) is 0 Å². The Hall–Kier alpha value is -0.120. The van der Waals surface area contributed by atoms with Crippen molar-refractivity contribution in [3.63, 3.8) is 0 Å². The first kappa shape index (κ1) is 5.03. The zero-order valence-electron chi connectivity index (χ0n) is 3.96. The first-order chi connectivity index (χ1) is 3.38. The average Bonchev–Trinajstić information content (AvgIpc) is 2.43. The van der Waals surface area contributed by atoms with Gasteiger partial charge in [0, 0.05) is 12.1 Å². The molecular formula is C4H9NO2. The minimum Gasteiger partial charge on any atom is -0.395 e. The molecule has 1 rings (SSSR count). The van der Waals surface area contributed by atoms with Gasteiger partial charge in [0.1, 0.15) is 0 Å². The molecule has 1 heterocycles. The molecule has 3 N–H and O–H groups in total. The van der Waals surface area contributed by atoms with Gasteiger partial charge < -0.3 is 15.5 Å². The van der Waals surface area contributed by atoms with Crippen molar-refractivity contribution in [2.75, 3.05) is 13.2 Å². The Kier molecular flexibility index (Phi) is 1.27. The van der Waals surface area contributed by atoms with Gasteiger partial charge in [0.2, 0.25) is 0 Å². The predicted octanol–water partition coefficient (Wildman–Crippen LogP) is -1.69. The van der Waals surface area contributed by atoms with Gasteiger partial charge in [0.15, 0.2) is 0 Å². The molecule has 1 aliphatic heterocycles. The van der Waals surface area contributed by atoms with Gasteiger partial charge in [0.05, 0.1) is 13.2 Å². The van der Waals surface area contributed by atoms with E-state index in [-0.39, 0.29) is 25.3 Å². The third-order valence-electron chi connectivity index (χ3n) is 1.20. The van der Waals surface area contributed by atoms with Crippen molar-refractivity contribution >= 4 is 0 Å². The van der Waals surface area contributed by atoms with Crippen LogP contribution in [0.15, 0.2) is 0 Å². The largest absolute Gasteiger partial charge is 0.395 e. The van der Waals surface area contributed by atoms with E-state index in [2.05, 4.69) is 5.32 Å². The van der Waals surface area contributed by atoms with Crippen LogP contribution < -0.4 is 5.32 Å². The Balaban J connectivity index is 2.06. The number of aliphatic hydroxyl groups excluding tert-OH is 2. The molecule has 0 amide bonds. The van der Waals surface area contributed by atoms with Crippen molar-refractivity contribution in [2.24, 2.45) is 0 Å². The lowest BCUT2D eigenvalue weighted by molar-refractivity contribution is 0.269. The van der Waals surface area contributed by atoms with Crippen LogP contribution in [0.1, 0.15) is 0 Å². The summed E-state index contributed by atoms with van der Waals surface area (Å²) in [6.45, 7) is 0.288. The second-order valence-corrected chi connectivity index (χ2v) is 1.74. The van der Waals surface area contributed by atoms with E-state index in [1.807, 2.05) is 0 Å². The highest BCUT2D eigenvalue weighted by Gasteiger charge is 2.33. The van der Waals surface area contributed by atoms with Crippen LogP contribution in [0.3, 0.4) is 0 Å². The molecule has 0 bridgehead atoms. The monoisotopic (exact) mass is 103 g/mol. The smallest absolute Gasteiger partial charge is 0.0600 e. The van der Waals surface area contributed by atoms with Crippen LogP contribution in [0.5, 0.6) is 0 Å². The lowest BCUT2D eigenvalue weighted by atomic mass is 10.3. The van der Waals surface area contributed by atoms with E-state index >= 15 is 0 Å². The molecule has 0 aliphatic carbocycles. The van der Waals surface area contributed by atoms with Crippen LogP contribution in [0, 0.1) is 0 Å². The zero-order valence-corrected chi connectivity index (χ0v) is 3.96. The number of nitrogens with one attached hydrogen (secondary N) is 1. The van der Waals surface area contributed by atoms with Crippen molar-refractivity contribution in [1.29, 1.82) is 0 Å². The Morgan fingerprint density at radius 3 is 1.71 bits per heavy atom. The molecule has 0 aromatic heterocycles. The summed E-state index contributed by atoms with van der Waals surface area (Å²) in [5.74, 6) is 0. The normalized spacial score (nSPS) is 38.6. The molecule has 0 saturated carbocycles. The summed E-state index contributed by atoms with van der Waals surface area (Å²) in [6, 6.07) is 0.343. The minimum atomic E-state index is 0.144. The summed E-state index contributed by atoms with van der Waals surface area (Å²) in [7, 11) is 0. The van der Waals surface area contributed by atoms with E-state index in [9.17, 15) is 0 Å². The molecule has 42 valence electrons. The van der Waals surface area contributed by atoms with Gasteiger partial charge >= 0.3 is 0 Å². The zero-order chi connectivity index (χ0) is 5.28. The van der Waals surface area contributed by atoms with Gasteiger partial charge in [-0.25, -0.2) is 0 Å². The van der Waals surface area contributed by atoms with Gasteiger partial charge in [-0.05, 0) is 0 Å². The van der Waals surface area contributed by atoms with Crippen molar-refractivity contribution in [3.8, 4) is 0 Å². The maximum Gasteiger partial charge on any atom is 0.0600 e. The fraction of sp³-hybridized carbons (Fsp3) is 1.00. The quantitative estimate of drug-likeness (QED) is 0.365. The van der Waals surface area contributed by atoms with Crippen LogP contribution in [0.4, 0.5) is 0 Å². The third-order valence-corrected chi connectivity index (χ3v) is 1.20. The maximum atomic E-state index is 8.33. The van der Waals surface area contributed by atoms with Crippen LogP contribution in [-0.4, -0.2) is 35.5 Å². The molecule has 7 heavy (non-hydrogen) atoms. The van der Waals surface area contributed by atoms with E-state index in [0.717, 1.165) is 0 Å². The van der Waals surface area contributed by atoms with Crippen LogP contribution in [-0.2, 0) is 0 Å². The number of aliphatic hydroxyl groups is 2. The van der Waals surface area contributed by atoms with Crippen molar-refractivity contribution in [2.45, 2.75) is 12.1 Å². The molecule has 1 fully saturated rings. The molecule has 0 spiro atoms. The fourth-order valence-corrected chi connectivity index (χ4v) is 0.579. The molecule has 2 atom stereocenters. The molecule has 1 saturated heterocycles. The summed E-state index contributed by atoms with van der Waals surface area (Å²) in [4.78, 5) is 0. The van der Waals surface area contributed by atoms with Crippen molar-refractivity contribution < 1.29 is 10.2 Å². The standard InChI is InChI=1S/C4H9NO2/c6-1-3-4(2-7)5-3/h3-7H,1-2H2. The topological polar surface area (TPSA) is 62.4 Å². The highest BCUT2D eigenvalue weighted by molar-refractivity contribution is 4.96. The second-order valence-electron chi connectivity index (χ2n) is 1.74. The van der Waals surface area contributed by atoms with Gasteiger partial charge in [-0.1, -0.05) is 0 Å². The van der Waals surface area contributed by atoms with E-state index < -0.39 is 0 Å². The van der Waals surface area contributed by atoms with Gasteiger partial charge in [-0.2, -0.15) is 0 Å². The summed E-state index contributed by atoms with van der Waals surface area (Å²) >= 11 is 0. The molecular weight excluding hydrogens is 94.0 g/mol. The Labute approximate surface area is 42.0 Å². The third kappa shape index (κ3) is 0.907. The molecule has 2 unspecified atom stereocenters.